The molecule has 3 heterocycles. The first kappa shape index (κ1) is 53.6. The number of carbonyl (C=O) groups excluding carboxylic acids is 3. The maximum Gasteiger partial charge on any atom is 0.457 e. The second kappa shape index (κ2) is 29.4. The molecular formula is C47H64N9O12PS. The van der Waals surface area contributed by atoms with Gasteiger partial charge in [0.1, 0.15) is 23.8 Å². The second-order valence-electron chi connectivity index (χ2n) is 16.2. The zero-order valence-electron chi connectivity index (χ0n) is 39.1. The van der Waals surface area contributed by atoms with Crippen molar-refractivity contribution in [1.82, 2.24) is 30.9 Å². The third-order valence-electron chi connectivity index (χ3n) is 10.8. The van der Waals surface area contributed by atoms with E-state index in [2.05, 4.69) is 31.3 Å². The van der Waals surface area contributed by atoms with Crippen LogP contribution in [0.4, 0.5) is 10.5 Å². The van der Waals surface area contributed by atoms with Crippen LogP contribution < -0.4 is 36.5 Å². The van der Waals surface area contributed by atoms with E-state index in [-0.39, 0.29) is 62.3 Å². The number of alkyl carbamates (subject to hydrolysis) is 1. The number of ether oxygens (including phenoxy) is 6. The smallest absolute Gasteiger partial charge is 0.447 e. The largest absolute Gasteiger partial charge is 0.457 e. The Balaban J connectivity index is 0.774. The summed E-state index contributed by atoms with van der Waals surface area (Å²) < 4.78 is 61.9. The summed E-state index contributed by atoms with van der Waals surface area (Å²) in [4.78, 5) is 41.0. The van der Waals surface area contributed by atoms with E-state index in [1.165, 1.54) is 0 Å². The van der Waals surface area contributed by atoms with Gasteiger partial charge in [0.2, 0.25) is 11.8 Å². The number of benzene rings is 3. The number of guanidine groups is 1. The Morgan fingerprint density at radius 1 is 0.814 bits per heavy atom. The molecule has 1 unspecified atom stereocenters. The Bertz CT molecular complexity index is 2220. The van der Waals surface area contributed by atoms with Gasteiger partial charge >= 0.3 is 13.7 Å². The Kier molecular flexibility index (Phi) is 22.5. The molecule has 23 heteroatoms. The number of hydrogen-bond acceptors (Lipinski definition) is 16. The zero-order valence-corrected chi connectivity index (χ0v) is 40.8. The van der Waals surface area contributed by atoms with E-state index in [1.54, 1.807) is 95.8 Å². The van der Waals surface area contributed by atoms with Crippen molar-refractivity contribution in [2.75, 3.05) is 78.4 Å². The highest BCUT2D eigenvalue weighted by Crippen LogP contribution is 2.59. The number of para-hydroxylation sites is 2. The number of thioether (sulfide) groups is 1. The van der Waals surface area contributed by atoms with Gasteiger partial charge < -0.3 is 64.9 Å². The highest BCUT2D eigenvalue weighted by molar-refractivity contribution is 8.00. The SMILES string of the molecule is NC(N)=Nc1ccc(C(NC(=O)OCCOCCOCc2cn(CCOCCOCCOCCNC(=O)CCCC[C@H]3SC[C@H]4CC(=O)N[C@H]43)nn2)P(=O)(Oc2ccccc2)Oc2ccccc2)cc1. The molecule has 21 nitrogen and oxygen atoms in total. The van der Waals surface area contributed by atoms with Crippen LogP contribution in [0.5, 0.6) is 11.5 Å². The minimum atomic E-state index is -4.28. The third-order valence-corrected chi connectivity index (χ3v) is 14.4. The van der Waals surface area contributed by atoms with Crippen molar-refractivity contribution in [1.29, 1.82) is 0 Å². The lowest BCUT2D eigenvalue weighted by Crippen LogP contribution is -2.34. The average molecular weight is 1010 g/mol. The molecule has 4 aromatic rings. The molecule has 2 saturated heterocycles. The number of nitrogens with two attached hydrogens (primary N) is 2. The number of carbonyl (C=O) groups is 3. The van der Waals surface area contributed by atoms with Crippen molar-refractivity contribution in [3.05, 3.63) is 102 Å². The normalized spacial score (nSPS) is 16.7. The molecule has 7 N–H and O–H groups in total. The second-order valence-corrected chi connectivity index (χ2v) is 19.4. The summed E-state index contributed by atoms with van der Waals surface area (Å²) >= 11 is 1.95. The average Bonchev–Trinajstić information content (AvgIpc) is 4.07. The molecule has 0 spiro atoms. The topological polar surface area (TPSA) is 273 Å². The number of nitrogens with zero attached hydrogens (tertiary/aromatic N) is 4. The van der Waals surface area contributed by atoms with E-state index < -0.39 is 19.5 Å². The Labute approximate surface area is 411 Å². The van der Waals surface area contributed by atoms with Gasteiger partial charge in [-0.3, -0.25) is 9.59 Å². The molecule has 2 aliphatic rings. The zero-order chi connectivity index (χ0) is 49.2. The highest BCUT2D eigenvalue weighted by Gasteiger charge is 2.43. The molecule has 2 fully saturated rings. The first-order chi connectivity index (χ1) is 34.1. The van der Waals surface area contributed by atoms with E-state index in [0.717, 1.165) is 25.0 Å². The first-order valence-electron chi connectivity index (χ1n) is 23.3. The van der Waals surface area contributed by atoms with Crippen molar-refractivity contribution in [2.24, 2.45) is 22.4 Å². The third kappa shape index (κ3) is 18.9. The highest BCUT2D eigenvalue weighted by atomic mass is 32.2. The Hall–Kier alpha value is -5.74. The van der Waals surface area contributed by atoms with E-state index >= 15 is 0 Å². The molecule has 380 valence electrons. The van der Waals surface area contributed by atoms with Gasteiger partial charge in [0.15, 0.2) is 11.7 Å². The van der Waals surface area contributed by atoms with E-state index in [0.29, 0.717) is 99.7 Å². The maximum absolute atomic E-state index is 14.8. The van der Waals surface area contributed by atoms with Crippen LogP contribution >= 0.6 is 19.4 Å². The quantitative estimate of drug-likeness (QED) is 0.0185. The molecule has 0 saturated carbocycles. The number of nitrogens with one attached hydrogen (secondary N) is 3. The Morgan fingerprint density at radius 3 is 2.11 bits per heavy atom. The van der Waals surface area contributed by atoms with Crippen LogP contribution in [0.2, 0.25) is 0 Å². The first-order valence-corrected chi connectivity index (χ1v) is 26.0. The van der Waals surface area contributed by atoms with Gasteiger partial charge in [-0.1, -0.05) is 60.2 Å². The molecule has 6 rings (SSSR count). The van der Waals surface area contributed by atoms with Gasteiger partial charge in [0.25, 0.3) is 0 Å². The van der Waals surface area contributed by atoms with Crippen LogP contribution in [0.25, 0.3) is 0 Å². The van der Waals surface area contributed by atoms with Crippen LogP contribution in [0.15, 0.2) is 96.1 Å². The van der Waals surface area contributed by atoms with Crippen molar-refractivity contribution >= 4 is 48.9 Å². The standard InChI is InChI=1S/C47H64N9O12PS/c48-46(49)51-37-17-15-35(16-18-37)45(69(60,67-39-9-3-1-4-10-39)68-40-11-5-2-6-12-40)53-47(59)66-30-29-64-27-28-65-33-38-32-56(55-54-38)20-22-62-24-26-63-25-23-61-21-19-50-42(57)14-8-7-13-41-44-36(34-70-41)31-43(58)52-44/h1-6,9-12,15-18,32,36,41,44-45H,7-8,13-14,19-31,33-34H2,(H,50,57)(H,52,58)(H,53,59)(H4,48,49,51)/t36-,41-,44-,45?/m1/s1. The fourth-order valence-electron chi connectivity index (χ4n) is 7.45. The minimum absolute atomic E-state index is 0.0305. The van der Waals surface area contributed by atoms with Gasteiger partial charge in [0, 0.05) is 30.7 Å². The predicted molar refractivity (Wildman–Crippen MR) is 262 cm³/mol. The van der Waals surface area contributed by atoms with Gasteiger partial charge in [0.05, 0.1) is 84.5 Å². The summed E-state index contributed by atoms with van der Waals surface area (Å²) in [6, 6.07) is 23.7. The van der Waals surface area contributed by atoms with Gasteiger partial charge in [-0.05, 0) is 66.5 Å². The van der Waals surface area contributed by atoms with Gasteiger partial charge in [-0.15, -0.1) is 5.10 Å². The van der Waals surface area contributed by atoms with Crippen LogP contribution in [0.1, 0.15) is 49.1 Å². The molecule has 3 aromatic carbocycles. The number of aliphatic imine (C=N–C) groups is 1. The summed E-state index contributed by atoms with van der Waals surface area (Å²) in [6.07, 6.45) is 4.89. The summed E-state index contributed by atoms with van der Waals surface area (Å²) in [5.41, 5.74) is 12.5. The predicted octanol–water partition coefficient (Wildman–Crippen LogP) is 4.84. The molecule has 1 aromatic heterocycles. The van der Waals surface area contributed by atoms with Crippen molar-refractivity contribution in [2.45, 2.75) is 62.3 Å². The Morgan fingerprint density at radius 2 is 1.44 bits per heavy atom. The van der Waals surface area contributed by atoms with Crippen LogP contribution in [-0.2, 0) is 55.7 Å². The minimum Gasteiger partial charge on any atom is -0.447 e. The molecule has 70 heavy (non-hydrogen) atoms. The van der Waals surface area contributed by atoms with Crippen molar-refractivity contribution in [3.8, 4) is 11.5 Å². The fourth-order valence-corrected chi connectivity index (χ4v) is 11.0. The summed E-state index contributed by atoms with van der Waals surface area (Å²) in [5.74, 6) is 0.789. The number of rotatable bonds is 33. The lowest BCUT2D eigenvalue weighted by atomic mass is 9.97. The molecule has 3 amide bonds. The van der Waals surface area contributed by atoms with Crippen molar-refractivity contribution in [3.63, 3.8) is 0 Å². The molecular weight excluding hydrogens is 946 g/mol. The number of amides is 3. The summed E-state index contributed by atoms with van der Waals surface area (Å²) in [6.45, 7) is 4.13. The monoisotopic (exact) mass is 1010 g/mol. The number of unbranched alkanes of at least 4 members (excludes halogenated alkanes) is 1. The van der Waals surface area contributed by atoms with E-state index in [4.69, 9.17) is 48.9 Å². The summed E-state index contributed by atoms with van der Waals surface area (Å²) in [5, 5.41) is 17.4. The lowest BCUT2D eigenvalue weighted by molar-refractivity contribution is -0.121. The fraction of sp³-hybridized carbons (Fsp3) is 0.489. The van der Waals surface area contributed by atoms with Crippen LogP contribution in [0.3, 0.4) is 0 Å². The van der Waals surface area contributed by atoms with Crippen LogP contribution in [-0.4, -0.2) is 129 Å². The van der Waals surface area contributed by atoms with Crippen molar-refractivity contribution < 1.29 is 56.4 Å². The molecule has 4 atom stereocenters. The molecule has 0 radical (unpaired) electrons. The molecule has 0 bridgehead atoms. The molecule has 0 aliphatic carbocycles. The van der Waals surface area contributed by atoms with Gasteiger partial charge in [-0.2, -0.15) is 11.8 Å². The van der Waals surface area contributed by atoms with Crippen LogP contribution in [0, 0.1) is 5.92 Å². The number of aromatic nitrogens is 3. The number of hydrogen-bond donors (Lipinski definition) is 5. The van der Waals surface area contributed by atoms with E-state index in [9.17, 15) is 18.9 Å². The maximum atomic E-state index is 14.8. The summed E-state index contributed by atoms with van der Waals surface area (Å²) in [7, 11) is -4.28. The number of fused-ring (bicyclic) bond motifs is 1. The lowest BCUT2D eigenvalue weighted by Gasteiger charge is -2.28. The van der Waals surface area contributed by atoms with Gasteiger partial charge in [-0.25, -0.2) is 19.0 Å². The van der Waals surface area contributed by atoms with E-state index in [1.807, 2.05) is 11.8 Å². The molecule has 2 aliphatic heterocycles.